The molecule has 0 saturated heterocycles. The summed E-state index contributed by atoms with van der Waals surface area (Å²) in [5, 5.41) is 13.2. The van der Waals surface area contributed by atoms with Gasteiger partial charge in [0.2, 0.25) is 0 Å². The lowest BCUT2D eigenvalue weighted by Gasteiger charge is -2.16. The van der Waals surface area contributed by atoms with Crippen molar-refractivity contribution in [2.45, 2.75) is 19.4 Å². The molecule has 0 spiro atoms. The van der Waals surface area contributed by atoms with Crippen LogP contribution in [0.5, 0.6) is 5.75 Å². The smallest absolute Gasteiger partial charge is 0.347 e. The van der Waals surface area contributed by atoms with E-state index in [1.807, 2.05) is 6.07 Å². The van der Waals surface area contributed by atoms with Crippen molar-refractivity contribution in [3.8, 4) is 5.75 Å². The second-order valence-corrected chi connectivity index (χ2v) is 5.81. The number of para-hydroxylation sites is 1. The molecule has 0 unspecified atom stereocenters. The lowest BCUT2D eigenvalue weighted by molar-refractivity contribution is -0.384. The number of esters is 1. The van der Waals surface area contributed by atoms with E-state index in [2.05, 4.69) is 5.32 Å². The molecule has 0 aromatic heterocycles. The molecule has 0 aliphatic carbocycles. The Labute approximate surface area is 160 Å². The lowest BCUT2D eigenvalue weighted by atomic mass is 10.2. The molecule has 27 heavy (non-hydrogen) atoms. The Morgan fingerprint density at radius 1 is 1.22 bits per heavy atom. The van der Waals surface area contributed by atoms with Crippen molar-refractivity contribution in [3.05, 3.63) is 63.7 Å². The van der Waals surface area contributed by atoms with Gasteiger partial charge in [0.15, 0.2) is 12.7 Å². The van der Waals surface area contributed by atoms with Gasteiger partial charge < -0.3 is 14.8 Å². The van der Waals surface area contributed by atoms with Crippen molar-refractivity contribution < 1.29 is 24.0 Å². The number of halogens is 1. The van der Waals surface area contributed by atoms with Crippen LogP contribution in [0.4, 0.5) is 11.4 Å². The van der Waals surface area contributed by atoms with E-state index in [1.165, 1.54) is 12.1 Å². The maximum Gasteiger partial charge on any atom is 0.347 e. The number of carbonyl (C=O) groups excluding carboxylic acids is 2. The molecule has 0 heterocycles. The first-order chi connectivity index (χ1) is 12.9. The monoisotopic (exact) mass is 392 g/mol. The molecule has 142 valence electrons. The average molecular weight is 393 g/mol. The van der Waals surface area contributed by atoms with Crippen molar-refractivity contribution in [2.75, 3.05) is 11.9 Å². The molecule has 1 atom stereocenters. The minimum absolute atomic E-state index is 0.0479. The second-order valence-electron chi connectivity index (χ2n) is 5.41. The van der Waals surface area contributed by atoms with E-state index in [1.54, 1.807) is 31.2 Å². The number of hydrogen-bond acceptors (Lipinski definition) is 6. The summed E-state index contributed by atoms with van der Waals surface area (Å²) in [5.74, 6) is -0.813. The number of amides is 1. The predicted molar refractivity (Wildman–Crippen MR) is 98.8 cm³/mol. The first-order valence-electron chi connectivity index (χ1n) is 8.02. The molecule has 9 heteroatoms. The van der Waals surface area contributed by atoms with E-state index in [0.29, 0.717) is 12.2 Å². The Hall–Kier alpha value is -3.13. The Morgan fingerprint density at radius 2 is 1.93 bits per heavy atom. The summed E-state index contributed by atoms with van der Waals surface area (Å²) in [5.41, 5.74) is -0.173. The molecule has 0 aliphatic heterocycles. The fourth-order valence-corrected chi connectivity index (χ4v) is 2.31. The number of nitro groups is 1. The number of benzene rings is 2. The third-order valence-corrected chi connectivity index (χ3v) is 3.75. The number of anilines is 1. The van der Waals surface area contributed by atoms with Gasteiger partial charge in [-0.05, 0) is 30.7 Å². The van der Waals surface area contributed by atoms with Gasteiger partial charge in [0.25, 0.3) is 11.6 Å². The number of ether oxygens (including phenoxy) is 2. The second kappa shape index (κ2) is 9.54. The zero-order valence-corrected chi connectivity index (χ0v) is 15.1. The molecule has 8 nitrogen and oxygen atoms in total. The van der Waals surface area contributed by atoms with Crippen molar-refractivity contribution >= 4 is 34.9 Å². The molecule has 1 amide bonds. The SMILES string of the molecule is CC[C@@H](Oc1ccccc1)C(=O)OCC(=O)Nc1ccc(Cl)c([N+](=O)[O-])c1. The Morgan fingerprint density at radius 3 is 2.56 bits per heavy atom. The molecule has 1 N–H and O–H groups in total. The molecule has 2 rings (SSSR count). The largest absolute Gasteiger partial charge is 0.479 e. The van der Waals surface area contributed by atoms with Crippen LogP contribution in [0.25, 0.3) is 0 Å². The van der Waals surface area contributed by atoms with Crippen LogP contribution < -0.4 is 10.1 Å². The quantitative estimate of drug-likeness (QED) is 0.418. The van der Waals surface area contributed by atoms with Gasteiger partial charge in [-0.25, -0.2) is 4.79 Å². The number of nitrogens with zero attached hydrogens (tertiary/aromatic N) is 1. The van der Waals surface area contributed by atoms with Crippen molar-refractivity contribution in [1.29, 1.82) is 0 Å². The normalized spacial score (nSPS) is 11.3. The molecular weight excluding hydrogens is 376 g/mol. The van der Waals surface area contributed by atoms with Crippen molar-refractivity contribution in [1.82, 2.24) is 0 Å². The Balaban J connectivity index is 1.89. The van der Waals surface area contributed by atoms with E-state index in [9.17, 15) is 19.7 Å². The van der Waals surface area contributed by atoms with E-state index in [0.717, 1.165) is 6.07 Å². The van der Waals surface area contributed by atoms with E-state index in [-0.39, 0.29) is 16.4 Å². The van der Waals surface area contributed by atoms with Crippen LogP contribution in [0.2, 0.25) is 5.02 Å². The highest BCUT2D eigenvalue weighted by Gasteiger charge is 2.21. The number of rotatable bonds is 8. The Bertz CT molecular complexity index is 828. The molecule has 0 saturated carbocycles. The first kappa shape index (κ1) is 20.2. The standard InChI is InChI=1S/C18H17ClN2O6/c1-2-16(27-13-6-4-3-5-7-13)18(23)26-11-17(22)20-12-8-9-14(19)15(10-12)21(24)25/h3-10,16H,2,11H2,1H3,(H,20,22)/t16-/m1/s1. The molecule has 0 bridgehead atoms. The van der Waals surface area contributed by atoms with Gasteiger partial charge in [-0.3, -0.25) is 14.9 Å². The summed E-state index contributed by atoms with van der Waals surface area (Å²) in [4.78, 5) is 34.2. The van der Waals surface area contributed by atoms with Crippen LogP contribution >= 0.6 is 11.6 Å². The zero-order chi connectivity index (χ0) is 19.8. The highest BCUT2D eigenvalue weighted by atomic mass is 35.5. The third kappa shape index (κ3) is 5.96. The predicted octanol–water partition coefficient (Wildman–Crippen LogP) is 3.59. The average Bonchev–Trinajstić information content (AvgIpc) is 2.66. The van der Waals surface area contributed by atoms with Gasteiger partial charge in [0.05, 0.1) is 4.92 Å². The number of carbonyl (C=O) groups is 2. The molecule has 2 aromatic rings. The highest BCUT2D eigenvalue weighted by molar-refractivity contribution is 6.32. The number of nitrogens with one attached hydrogen (secondary N) is 1. The minimum Gasteiger partial charge on any atom is -0.479 e. The highest BCUT2D eigenvalue weighted by Crippen LogP contribution is 2.27. The summed E-state index contributed by atoms with van der Waals surface area (Å²) < 4.78 is 10.5. The van der Waals surface area contributed by atoms with Crippen LogP contribution in [0.15, 0.2) is 48.5 Å². The van der Waals surface area contributed by atoms with Crippen LogP contribution in [-0.4, -0.2) is 29.5 Å². The summed E-state index contributed by atoms with van der Waals surface area (Å²) in [7, 11) is 0. The van der Waals surface area contributed by atoms with Crippen molar-refractivity contribution in [2.24, 2.45) is 0 Å². The topological polar surface area (TPSA) is 108 Å². The van der Waals surface area contributed by atoms with Gasteiger partial charge in [0.1, 0.15) is 10.8 Å². The summed E-state index contributed by atoms with van der Waals surface area (Å²) in [6, 6.07) is 12.6. The molecular formula is C18H17ClN2O6. The van der Waals surface area contributed by atoms with Crippen LogP contribution in [0, 0.1) is 10.1 Å². The molecule has 2 aromatic carbocycles. The Kier molecular flexibility index (Phi) is 7.13. The van der Waals surface area contributed by atoms with E-state index in [4.69, 9.17) is 21.1 Å². The molecule has 0 aliphatic rings. The van der Waals surface area contributed by atoms with E-state index < -0.39 is 29.5 Å². The van der Waals surface area contributed by atoms with Crippen LogP contribution in [-0.2, 0) is 14.3 Å². The summed E-state index contributed by atoms with van der Waals surface area (Å²) in [6.07, 6.45) is -0.490. The van der Waals surface area contributed by atoms with Gasteiger partial charge >= 0.3 is 5.97 Å². The fourth-order valence-electron chi connectivity index (χ4n) is 2.12. The molecule has 0 fully saturated rings. The van der Waals surface area contributed by atoms with Gasteiger partial charge in [-0.1, -0.05) is 36.7 Å². The zero-order valence-electron chi connectivity index (χ0n) is 14.4. The van der Waals surface area contributed by atoms with Gasteiger partial charge in [-0.15, -0.1) is 0 Å². The number of hydrogen-bond donors (Lipinski definition) is 1. The maximum absolute atomic E-state index is 12.1. The van der Waals surface area contributed by atoms with E-state index >= 15 is 0 Å². The van der Waals surface area contributed by atoms with Crippen molar-refractivity contribution in [3.63, 3.8) is 0 Å². The van der Waals surface area contributed by atoms with Crippen LogP contribution in [0.1, 0.15) is 13.3 Å². The lowest BCUT2D eigenvalue weighted by Crippen LogP contribution is -2.31. The maximum atomic E-state index is 12.1. The van der Waals surface area contributed by atoms with Crippen LogP contribution in [0.3, 0.4) is 0 Å². The summed E-state index contributed by atoms with van der Waals surface area (Å²) >= 11 is 5.71. The molecule has 0 radical (unpaired) electrons. The first-order valence-corrected chi connectivity index (χ1v) is 8.40. The fraction of sp³-hybridized carbons (Fsp3) is 0.222. The third-order valence-electron chi connectivity index (χ3n) is 3.43. The summed E-state index contributed by atoms with van der Waals surface area (Å²) in [6.45, 7) is 1.20. The van der Waals surface area contributed by atoms with Gasteiger partial charge in [0, 0.05) is 11.8 Å². The minimum atomic E-state index is -0.850. The van der Waals surface area contributed by atoms with Gasteiger partial charge in [-0.2, -0.15) is 0 Å². The number of nitro benzene ring substituents is 1.